The summed E-state index contributed by atoms with van der Waals surface area (Å²) in [4.78, 5) is 44.5. The van der Waals surface area contributed by atoms with E-state index in [0.29, 0.717) is 56.6 Å². The van der Waals surface area contributed by atoms with Crippen LogP contribution in [0.1, 0.15) is 43.5 Å². The van der Waals surface area contributed by atoms with Gasteiger partial charge in [-0.1, -0.05) is 61.4 Å². The Hall–Kier alpha value is -4.20. The number of methoxy groups -OCH3 is 1. The SMILES string of the molecule is CCOC(=O)C1=C(C)N=c2s/c(=C\c3cc(Br)ccc3OCc3ccc(Br)cc3)c(=O)n2[C@H]1c1ccc(OCC(=O)OC)c(OCC)c1. The lowest BCUT2D eigenvalue weighted by atomic mass is 9.95. The van der Waals surface area contributed by atoms with Crippen LogP contribution in [-0.4, -0.2) is 43.4 Å². The molecule has 0 aliphatic carbocycles. The lowest BCUT2D eigenvalue weighted by Gasteiger charge is -2.25. The standard InChI is InChI=1S/C35H32Br2N2O8S/c1-5-44-28-16-22(9-13-27(28)47-19-30(40)43-4)32-31(34(42)45-6-2)20(3)38-35-39(32)33(41)29(48-35)17-23-15-25(37)12-14-26(23)46-18-21-7-10-24(36)11-8-21/h7-17,32H,5-6,18-19H2,1-4H3/b29-17-/t32-/m0/s1. The maximum Gasteiger partial charge on any atom is 0.343 e. The highest BCUT2D eigenvalue weighted by atomic mass is 79.9. The normalized spacial score (nSPS) is 14.2. The molecule has 0 radical (unpaired) electrons. The molecule has 4 aromatic rings. The number of thiazole rings is 1. The van der Waals surface area contributed by atoms with E-state index in [1.54, 1.807) is 38.1 Å². The third-order valence-corrected chi connectivity index (χ3v) is 9.24. The molecule has 0 spiro atoms. The molecule has 2 heterocycles. The zero-order valence-corrected chi connectivity index (χ0v) is 30.6. The zero-order chi connectivity index (χ0) is 34.4. The van der Waals surface area contributed by atoms with Crippen molar-refractivity contribution >= 4 is 61.2 Å². The summed E-state index contributed by atoms with van der Waals surface area (Å²) >= 11 is 8.20. The first-order valence-electron chi connectivity index (χ1n) is 15.0. The van der Waals surface area contributed by atoms with E-state index in [9.17, 15) is 14.4 Å². The zero-order valence-electron chi connectivity index (χ0n) is 26.6. The van der Waals surface area contributed by atoms with Gasteiger partial charge in [0.25, 0.3) is 5.56 Å². The molecule has 3 aromatic carbocycles. The minimum Gasteiger partial charge on any atom is -0.490 e. The molecule has 0 saturated carbocycles. The van der Waals surface area contributed by atoms with Crippen LogP contribution in [0.5, 0.6) is 17.2 Å². The summed E-state index contributed by atoms with van der Waals surface area (Å²) in [5, 5.41) is 0. The minimum absolute atomic E-state index is 0.142. The molecule has 0 bridgehead atoms. The van der Waals surface area contributed by atoms with Crippen molar-refractivity contribution in [2.45, 2.75) is 33.4 Å². The number of halogens is 2. The van der Waals surface area contributed by atoms with Gasteiger partial charge < -0.3 is 23.7 Å². The summed E-state index contributed by atoms with van der Waals surface area (Å²) in [5.74, 6) is 0.0975. The molecule has 5 rings (SSSR count). The van der Waals surface area contributed by atoms with Crippen LogP contribution < -0.4 is 29.1 Å². The number of esters is 2. The third kappa shape index (κ3) is 7.91. The number of carbonyl (C=O) groups excluding carboxylic acids is 2. The van der Waals surface area contributed by atoms with Crippen molar-refractivity contribution in [3.05, 3.63) is 117 Å². The van der Waals surface area contributed by atoms with Crippen molar-refractivity contribution in [2.24, 2.45) is 4.99 Å². The Labute approximate surface area is 297 Å². The number of benzene rings is 3. The molecule has 0 fully saturated rings. The second-order valence-corrected chi connectivity index (χ2v) is 13.2. The van der Waals surface area contributed by atoms with Crippen LogP contribution in [0.25, 0.3) is 6.08 Å². The first-order valence-corrected chi connectivity index (χ1v) is 17.4. The van der Waals surface area contributed by atoms with Crippen molar-refractivity contribution in [1.29, 1.82) is 0 Å². The molecule has 1 atom stereocenters. The van der Waals surface area contributed by atoms with E-state index < -0.39 is 18.0 Å². The molecule has 48 heavy (non-hydrogen) atoms. The van der Waals surface area contributed by atoms with Crippen LogP contribution in [0, 0.1) is 0 Å². The van der Waals surface area contributed by atoms with Crippen molar-refractivity contribution in [3.63, 3.8) is 0 Å². The summed E-state index contributed by atoms with van der Waals surface area (Å²) in [7, 11) is 1.27. The Kier molecular flexibility index (Phi) is 11.6. The Morgan fingerprint density at radius 1 is 0.917 bits per heavy atom. The second-order valence-electron chi connectivity index (χ2n) is 10.4. The molecule has 0 unspecified atom stereocenters. The van der Waals surface area contributed by atoms with E-state index in [-0.39, 0.29) is 24.3 Å². The predicted octanol–water partition coefficient (Wildman–Crippen LogP) is 5.85. The summed E-state index contributed by atoms with van der Waals surface area (Å²) in [6.45, 7) is 5.71. The molecule has 1 aliphatic heterocycles. The molecular formula is C35H32Br2N2O8S. The van der Waals surface area contributed by atoms with E-state index in [2.05, 4.69) is 41.6 Å². The number of hydrogen-bond donors (Lipinski definition) is 0. The van der Waals surface area contributed by atoms with Crippen LogP contribution in [0.2, 0.25) is 0 Å². The lowest BCUT2D eigenvalue weighted by molar-refractivity contribution is -0.143. The van der Waals surface area contributed by atoms with Gasteiger partial charge in [-0.3, -0.25) is 9.36 Å². The van der Waals surface area contributed by atoms with Crippen molar-refractivity contribution in [3.8, 4) is 17.2 Å². The average molecular weight is 801 g/mol. The molecular weight excluding hydrogens is 768 g/mol. The van der Waals surface area contributed by atoms with E-state index in [1.807, 2.05) is 49.4 Å². The van der Waals surface area contributed by atoms with E-state index >= 15 is 0 Å². The van der Waals surface area contributed by atoms with Crippen LogP contribution in [0.15, 0.2) is 90.7 Å². The highest BCUT2D eigenvalue weighted by Gasteiger charge is 2.34. The van der Waals surface area contributed by atoms with Gasteiger partial charge in [-0.05, 0) is 80.4 Å². The molecule has 13 heteroatoms. The fraction of sp³-hybridized carbons (Fsp3) is 0.257. The predicted molar refractivity (Wildman–Crippen MR) is 188 cm³/mol. The fourth-order valence-electron chi connectivity index (χ4n) is 5.03. The summed E-state index contributed by atoms with van der Waals surface area (Å²) < 4.78 is 31.5. The molecule has 0 N–H and O–H groups in total. The quantitative estimate of drug-likeness (QED) is 0.164. The number of allylic oxidation sites excluding steroid dienone is 1. The number of nitrogens with zero attached hydrogens (tertiary/aromatic N) is 2. The van der Waals surface area contributed by atoms with Crippen LogP contribution in [0.3, 0.4) is 0 Å². The molecule has 250 valence electrons. The Balaban J connectivity index is 1.61. The second kappa shape index (κ2) is 15.8. The van der Waals surface area contributed by atoms with Gasteiger partial charge in [-0.2, -0.15) is 0 Å². The monoisotopic (exact) mass is 798 g/mol. The third-order valence-electron chi connectivity index (χ3n) is 7.24. The van der Waals surface area contributed by atoms with E-state index in [4.69, 9.17) is 18.9 Å². The molecule has 10 nitrogen and oxygen atoms in total. The smallest absolute Gasteiger partial charge is 0.343 e. The summed E-state index contributed by atoms with van der Waals surface area (Å²) in [6.07, 6.45) is 1.77. The summed E-state index contributed by atoms with van der Waals surface area (Å²) in [6, 6.07) is 17.6. The van der Waals surface area contributed by atoms with Gasteiger partial charge in [0.15, 0.2) is 22.9 Å². The van der Waals surface area contributed by atoms with Gasteiger partial charge in [0, 0.05) is 14.5 Å². The number of fused-ring (bicyclic) bond motifs is 1. The minimum atomic E-state index is -0.882. The number of carbonyl (C=O) groups is 2. The molecule has 0 amide bonds. The highest BCUT2D eigenvalue weighted by Crippen LogP contribution is 2.36. The van der Waals surface area contributed by atoms with Crippen LogP contribution in [0.4, 0.5) is 0 Å². The molecule has 1 aliphatic rings. The van der Waals surface area contributed by atoms with Gasteiger partial charge in [0.2, 0.25) is 0 Å². The Morgan fingerprint density at radius 3 is 2.35 bits per heavy atom. The number of rotatable bonds is 12. The van der Waals surface area contributed by atoms with Crippen LogP contribution >= 0.6 is 43.2 Å². The lowest BCUT2D eigenvalue weighted by Crippen LogP contribution is -2.40. The first-order chi connectivity index (χ1) is 23.1. The molecule has 1 aromatic heterocycles. The van der Waals surface area contributed by atoms with Gasteiger partial charge >= 0.3 is 11.9 Å². The highest BCUT2D eigenvalue weighted by molar-refractivity contribution is 9.10. The first kappa shape index (κ1) is 35.1. The van der Waals surface area contributed by atoms with Crippen LogP contribution in [-0.2, 0) is 25.7 Å². The number of ether oxygens (including phenoxy) is 5. The Bertz CT molecular complexity index is 2050. The number of aromatic nitrogens is 1. The topological polar surface area (TPSA) is 115 Å². The maximum absolute atomic E-state index is 14.3. The molecule has 0 saturated heterocycles. The van der Waals surface area contributed by atoms with Gasteiger partial charge in [0.05, 0.1) is 42.2 Å². The largest absolute Gasteiger partial charge is 0.490 e. The van der Waals surface area contributed by atoms with E-state index in [0.717, 1.165) is 14.5 Å². The number of hydrogen-bond acceptors (Lipinski definition) is 10. The van der Waals surface area contributed by atoms with Crippen molar-refractivity contribution < 1.29 is 33.3 Å². The van der Waals surface area contributed by atoms with Crippen molar-refractivity contribution in [1.82, 2.24) is 4.57 Å². The van der Waals surface area contributed by atoms with E-state index in [1.165, 1.54) is 23.0 Å². The average Bonchev–Trinajstić information content (AvgIpc) is 3.37. The van der Waals surface area contributed by atoms with Gasteiger partial charge in [-0.25, -0.2) is 14.6 Å². The van der Waals surface area contributed by atoms with Crippen molar-refractivity contribution in [2.75, 3.05) is 26.9 Å². The Morgan fingerprint density at radius 2 is 1.65 bits per heavy atom. The van der Waals surface area contributed by atoms with Gasteiger partial charge in [0.1, 0.15) is 12.4 Å². The van der Waals surface area contributed by atoms with Gasteiger partial charge in [-0.15, -0.1) is 0 Å². The fourth-order valence-corrected chi connectivity index (χ4v) is 6.71. The maximum atomic E-state index is 14.3. The summed E-state index contributed by atoms with van der Waals surface area (Å²) in [5.41, 5.74) is 2.55.